The molecule has 7 heteroatoms. The molecule has 0 radical (unpaired) electrons. The Morgan fingerprint density at radius 2 is 2.06 bits per heavy atom. The van der Waals surface area contributed by atoms with E-state index >= 15 is 0 Å². The van der Waals surface area contributed by atoms with Crippen molar-refractivity contribution in [2.75, 3.05) is 12.3 Å². The molecule has 1 aromatic carbocycles. The van der Waals surface area contributed by atoms with Crippen molar-refractivity contribution in [3.63, 3.8) is 0 Å². The maximum Gasteiger partial charge on any atom is 0.241 e. The van der Waals surface area contributed by atoms with E-state index in [0.29, 0.717) is 0 Å². The molecule has 0 aliphatic rings. The van der Waals surface area contributed by atoms with Gasteiger partial charge < -0.3 is 10.8 Å². The van der Waals surface area contributed by atoms with Crippen LogP contribution in [0.25, 0.3) is 0 Å². The number of hydrogen-bond donors (Lipinski definition) is 3. The molecule has 0 amide bonds. The molecule has 0 heterocycles. The average Bonchev–Trinajstić information content (AvgIpc) is 2.23. The van der Waals surface area contributed by atoms with E-state index < -0.39 is 21.9 Å². The predicted molar refractivity (Wildman–Crippen MR) is 67.2 cm³/mol. The molecule has 5 nitrogen and oxygen atoms in total. The molecule has 1 rings (SSSR count). The van der Waals surface area contributed by atoms with Crippen molar-refractivity contribution in [3.8, 4) is 0 Å². The van der Waals surface area contributed by atoms with Crippen molar-refractivity contribution in [1.82, 2.24) is 4.72 Å². The van der Waals surface area contributed by atoms with Gasteiger partial charge in [-0.15, -0.1) is 0 Å². The summed E-state index contributed by atoms with van der Waals surface area (Å²) in [6.07, 6.45) is -0.807. The molecule has 0 aliphatic carbocycles. The van der Waals surface area contributed by atoms with E-state index in [1.807, 2.05) is 0 Å². The summed E-state index contributed by atoms with van der Waals surface area (Å²) in [6, 6.07) is 1.08. The number of nitrogen functional groups attached to an aromatic ring is 1. The minimum atomic E-state index is -3.81. The maximum absolute atomic E-state index is 13.3. The lowest BCUT2D eigenvalue weighted by atomic mass is 10.1. The van der Waals surface area contributed by atoms with E-state index in [-0.39, 0.29) is 28.3 Å². The topological polar surface area (TPSA) is 92.4 Å². The van der Waals surface area contributed by atoms with E-state index in [1.54, 1.807) is 0 Å². The fourth-order valence-corrected chi connectivity index (χ4v) is 3.25. The number of halogens is 1. The molecule has 0 spiro atoms. The number of nitrogens with two attached hydrogens (primary N) is 1. The number of rotatable bonds is 4. The first-order valence-electron chi connectivity index (χ1n) is 5.39. The van der Waals surface area contributed by atoms with Gasteiger partial charge in [-0.2, -0.15) is 0 Å². The van der Waals surface area contributed by atoms with Crippen LogP contribution in [-0.2, 0) is 10.0 Å². The average molecular weight is 276 g/mol. The molecular weight excluding hydrogens is 259 g/mol. The number of sulfonamides is 1. The van der Waals surface area contributed by atoms with Gasteiger partial charge in [-0.25, -0.2) is 17.5 Å². The first kappa shape index (κ1) is 14.9. The van der Waals surface area contributed by atoms with Gasteiger partial charge >= 0.3 is 0 Å². The first-order valence-corrected chi connectivity index (χ1v) is 6.88. The molecule has 0 saturated carbocycles. The number of aliphatic hydroxyl groups excluding tert-OH is 1. The molecule has 1 atom stereocenters. The Labute approximate surface area is 106 Å². The van der Waals surface area contributed by atoms with Crippen LogP contribution < -0.4 is 10.5 Å². The molecule has 0 bridgehead atoms. The molecule has 0 aliphatic heterocycles. The van der Waals surface area contributed by atoms with Crippen molar-refractivity contribution >= 4 is 15.7 Å². The van der Waals surface area contributed by atoms with Crippen LogP contribution in [0.4, 0.5) is 10.1 Å². The second-order valence-corrected chi connectivity index (χ2v) is 5.95. The highest BCUT2D eigenvalue weighted by Crippen LogP contribution is 2.27. The van der Waals surface area contributed by atoms with E-state index in [0.717, 1.165) is 6.07 Å². The van der Waals surface area contributed by atoms with Crippen LogP contribution in [-0.4, -0.2) is 26.2 Å². The Balaban J connectivity index is 3.29. The summed E-state index contributed by atoms with van der Waals surface area (Å²) >= 11 is 0. The van der Waals surface area contributed by atoms with Gasteiger partial charge in [-0.3, -0.25) is 0 Å². The quantitative estimate of drug-likeness (QED) is 0.705. The Bertz CT molecular complexity index is 556. The molecule has 18 heavy (non-hydrogen) atoms. The van der Waals surface area contributed by atoms with Crippen LogP contribution in [0, 0.1) is 19.7 Å². The monoisotopic (exact) mass is 276 g/mol. The van der Waals surface area contributed by atoms with Crippen LogP contribution in [0.2, 0.25) is 0 Å². The van der Waals surface area contributed by atoms with Gasteiger partial charge in [-0.1, -0.05) is 0 Å². The zero-order chi connectivity index (χ0) is 14.1. The molecule has 0 fully saturated rings. The number of nitrogens with one attached hydrogen (secondary N) is 1. The number of aryl methyl sites for hydroxylation is 1. The summed E-state index contributed by atoms with van der Waals surface area (Å²) in [5.74, 6) is -0.639. The Hall–Kier alpha value is -1.18. The summed E-state index contributed by atoms with van der Waals surface area (Å²) in [5, 5.41) is 9.09. The van der Waals surface area contributed by atoms with E-state index in [4.69, 9.17) is 10.8 Å². The second-order valence-electron chi connectivity index (χ2n) is 4.24. The molecular formula is C11H17FN2O3S. The molecule has 102 valence electrons. The Kier molecular flexibility index (Phi) is 4.31. The summed E-state index contributed by atoms with van der Waals surface area (Å²) in [4.78, 5) is -0.0398. The largest absolute Gasteiger partial charge is 0.396 e. The van der Waals surface area contributed by atoms with E-state index in [9.17, 15) is 12.8 Å². The molecule has 0 saturated heterocycles. The zero-order valence-corrected chi connectivity index (χ0v) is 11.3. The van der Waals surface area contributed by atoms with E-state index in [2.05, 4.69) is 4.72 Å². The summed E-state index contributed by atoms with van der Waals surface area (Å²) < 4.78 is 39.7. The van der Waals surface area contributed by atoms with Crippen LogP contribution >= 0.6 is 0 Å². The first-order chi connectivity index (χ1) is 8.16. The minimum Gasteiger partial charge on any atom is -0.396 e. The highest BCUT2D eigenvalue weighted by Gasteiger charge is 2.22. The standard InChI is InChI=1S/C11H17FN2O3S/c1-6-4-9(12)10(13)8(3)11(6)18(16,17)14-5-7(2)15/h4,7,14-15H,5,13H2,1-3H3. The van der Waals surface area contributed by atoms with Gasteiger partial charge in [0.2, 0.25) is 10.0 Å². The number of aliphatic hydroxyl groups is 1. The maximum atomic E-state index is 13.3. The lowest BCUT2D eigenvalue weighted by molar-refractivity contribution is 0.198. The van der Waals surface area contributed by atoms with Crippen molar-refractivity contribution in [1.29, 1.82) is 0 Å². The third kappa shape index (κ3) is 2.98. The van der Waals surface area contributed by atoms with Gasteiger partial charge in [0, 0.05) is 6.54 Å². The summed E-state index contributed by atoms with van der Waals surface area (Å²) in [5.41, 5.74) is 5.75. The van der Waals surface area contributed by atoms with Crippen LogP contribution in [0.15, 0.2) is 11.0 Å². The van der Waals surface area contributed by atoms with E-state index in [1.165, 1.54) is 20.8 Å². The van der Waals surface area contributed by atoms with Gasteiger partial charge in [-0.05, 0) is 38.0 Å². The highest BCUT2D eigenvalue weighted by atomic mass is 32.2. The van der Waals surface area contributed by atoms with Crippen LogP contribution in [0.1, 0.15) is 18.1 Å². The normalized spacial score (nSPS) is 13.6. The summed E-state index contributed by atoms with van der Waals surface area (Å²) in [7, 11) is -3.81. The van der Waals surface area contributed by atoms with Crippen LogP contribution in [0.3, 0.4) is 0 Å². The molecule has 4 N–H and O–H groups in total. The SMILES string of the molecule is Cc1cc(F)c(N)c(C)c1S(=O)(=O)NCC(C)O. The third-order valence-corrected chi connectivity index (χ3v) is 4.25. The van der Waals surface area contributed by atoms with Crippen LogP contribution in [0.5, 0.6) is 0 Å². The van der Waals surface area contributed by atoms with Crippen molar-refractivity contribution < 1.29 is 17.9 Å². The highest BCUT2D eigenvalue weighted by molar-refractivity contribution is 7.89. The fourth-order valence-electron chi connectivity index (χ4n) is 1.65. The van der Waals surface area contributed by atoms with Gasteiger partial charge in [0.15, 0.2) is 0 Å². The van der Waals surface area contributed by atoms with Crippen molar-refractivity contribution in [2.24, 2.45) is 0 Å². The lowest BCUT2D eigenvalue weighted by Gasteiger charge is -2.15. The Morgan fingerprint density at radius 1 is 1.50 bits per heavy atom. The van der Waals surface area contributed by atoms with Gasteiger partial charge in [0.25, 0.3) is 0 Å². The number of hydrogen-bond acceptors (Lipinski definition) is 4. The van der Waals surface area contributed by atoms with Gasteiger partial charge in [0.05, 0.1) is 16.7 Å². The lowest BCUT2D eigenvalue weighted by Crippen LogP contribution is -2.31. The fraction of sp³-hybridized carbons (Fsp3) is 0.455. The Morgan fingerprint density at radius 3 is 2.56 bits per heavy atom. The number of anilines is 1. The summed E-state index contributed by atoms with van der Waals surface area (Å²) in [6.45, 7) is 4.29. The van der Waals surface area contributed by atoms with Crippen molar-refractivity contribution in [3.05, 3.63) is 23.0 Å². The molecule has 0 aromatic heterocycles. The second kappa shape index (κ2) is 5.21. The molecule has 1 aromatic rings. The zero-order valence-electron chi connectivity index (χ0n) is 10.5. The van der Waals surface area contributed by atoms with Crippen molar-refractivity contribution in [2.45, 2.75) is 31.8 Å². The van der Waals surface area contributed by atoms with Gasteiger partial charge in [0.1, 0.15) is 5.82 Å². The smallest absolute Gasteiger partial charge is 0.241 e. The third-order valence-electron chi connectivity index (χ3n) is 2.54. The number of benzene rings is 1. The minimum absolute atomic E-state index is 0.0398. The predicted octanol–water partition coefficient (Wildman–Crippen LogP) is 0.684. The molecule has 1 unspecified atom stereocenters.